The molecule has 186 valence electrons. The Hall–Kier alpha value is -3.44. The van der Waals surface area contributed by atoms with E-state index in [9.17, 15) is 14.7 Å². The standard InChI is InChI=1S/C28H21IN2O5S/c1-14-11-15(2)23-21(12-14)37-28(30-23)31-24(16-3-6-18(29)7-4-16)22(26(33)27(31)34)25(32)17-5-8-19-20(13-17)36-10-9-35-19/h3-8,11-13,24,32H,9-10H2,1-2H3. The molecular weight excluding hydrogens is 603 g/mol. The lowest BCUT2D eigenvalue weighted by Gasteiger charge is -2.23. The summed E-state index contributed by atoms with van der Waals surface area (Å²) >= 11 is 3.56. The number of carbonyl (C=O) groups is 2. The number of benzene rings is 3. The predicted molar refractivity (Wildman–Crippen MR) is 150 cm³/mol. The summed E-state index contributed by atoms with van der Waals surface area (Å²) < 4.78 is 13.2. The first-order valence-electron chi connectivity index (χ1n) is 11.7. The van der Waals surface area contributed by atoms with E-state index in [1.54, 1.807) is 18.2 Å². The summed E-state index contributed by atoms with van der Waals surface area (Å²) in [4.78, 5) is 33.2. The number of aliphatic hydroxyl groups excluding tert-OH is 1. The number of ketones is 1. The monoisotopic (exact) mass is 624 g/mol. The van der Waals surface area contributed by atoms with Crippen LogP contribution in [-0.4, -0.2) is 35.0 Å². The molecule has 3 heterocycles. The van der Waals surface area contributed by atoms with Gasteiger partial charge in [0.1, 0.15) is 19.0 Å². The van der Waals surface area contributed by atoms with Crippen LogP contribution >= 0.6 is 33.9 Å². The average molecular weight is 624 g/mol. The predicted octanol–water partition coefficient (Wildman–Crippen LogP) is 5.92. The zero-order valence-corrected chi connectivity index (χ0v) is 22.9. The number of rotatable bonds is 3. The number of Topliss-reactive ketones (excluding diaryl/α,β-unsaturated/α-hetero) is 1. The third-order valence-electron chi connectivity index (χ3n) is 6.47. The molecule has 2 aliphatic heterocycles. The number of aryl methyl sites for hydroxylation is 2. The van der Waals surface area contributed by atoms with E-state index >= 15 is 0 Å². The lowest BCUT2D eigenvalue weighted by Crippen LogP contribution is -2.29. The smallest absolute Gasteiger partial charge is 0.301 e. The lowest BCUT2D eigenvalue weighted by atomic mass is 9.95. The zero-order valence-electron chi connectivity index (χ0n) is 19.9. The quantitative estimate of drug-likeness (QED) is 0.132. The summed E-state index contributed by atoms with van der Waals surface area (Å²) in [7, 11) is 0. The van der Waals surface area contributed by atoms with Gasteiger partial charge in [-0.2, -0.15) is 0 Å². The van der Waals surface area contributed by atoms with E-state index in [0.717, 1.165) is 24.9 Å². The minimum absolute atomic E-state index is 0.00930. The third kappa shape index (κ3) is 4.06. The van der Waals surface area contributed by atoms with Crippen LogP contribution in [-0.2, 0) is 9.59 Å². The highest BCUT2D eigenvalue weighted by atomic mass is 127. The molecule has 1 unspecified atom stereocenters. The summed E-state index contributed by atoms with van der Waals surface area (Å²) in [6, 6.07) is 15.8. The van der Waals surface area contributed by atoms with Gasteiger partial charge in [-0.15, -0.1) is 0 Å². The Kier molecular flexibility index (Phi) is 5.91. The molecule has 1 fully saturated rings. The van der Waals surface area contributed by atoms with Gasteiger partial charge in [-0.05, 0) is 89.5 Å². The van der Waals surface area contributed by atoms with Gasteiger partial charge in [-0.3, -0.25) is 14.5 Å². The highest BCUT2D eigenvalue weighted by Crippen LogP contribution is 2.45. The number of ether oxygens (including phenoxy) is 2. The van der Waals surface area contributed by atoms with Gasteiger partial charge in [-0.25, -0.2) is 4.98 Å². The molecule has 0 bridgehead atoms. The Balaban J connectivity index is 1.55. The molecule has 9 heteroatoms. The molecule has 0 radical (unpaired) electrons. The first-order valence-corrected chi connectivity index (χ1v) is 13.6. The van der Waals surface area contributed by atoms with Crippen molar-refractivity contribution in [3.8, 4) is 11.5 Å². The van der Waals surface area contributed by atoms with Gasteiger partial charge in [0.15, 0.2) is 16.6 Å². The second kappa shape index (κ2) is 9.14. The van der Waals surface area contributed by atoms with Gasteiger partial charge in [-0.1, -0.05) is 29.5 Å². The molecule has 1 amide bonds. The number of thiazole rings is 1. The molecule has 0 aliphatic carbocycles. The van der Waals surface area contributed by atoms with Crippen LogP contribution in [0.3, 0.4) is 0 Å². The summed E-state index contributed by atoms with van der Waals surface area (Å²) in [5.74, 6) is -0.710. The largest absolute Gasteiger partial charge is 0.507 e. The maximum absolute atomic E-state index is 13.5. The normalized spacial score (nSPS) is 18.6. The number of carbonyl (C=O) groups excluding carboxylic acids is 2. The Labute approximate surface area is 230 Å². The van der Waals surface area contributed by atoms with Crippen LogP contribution in [0.15, 0.2) is 60.2 Å². The van der Waals surface area contributed by atoms with Crippen LogP contribution < -0.4 is 14.4 Å². The van der Waals surface area contributed by atoms with Crippen molar-refractivity contribution in [2.45, 2.75) is 19.9 Å². The average Bonchev–Trinajstić information content (AvgIpc) is 3.42. The maximum atomic E-state index is 13.5. The number of halogens is 1. The molecule has 1 saturated heterocycles. The number of nitrogens with zero attached hydrogens (tertiary/aromatic N) is 2. The number of hydrogen-bond donors (Lipinski definition) is 1. The summed E-state index contributed by atoms with van der Waals surface area (Å²) in [6.45, 7) is 4.82. The van der Waals surface area contributed by atoms with Crippen LogP contribution in [0.4, 0.5) is 5.13 Å². The molecule has 2 aliphatic rings. The topological polar surface area (TPSA) is 89.0 Å². The number of hydrogen-bond acceptors (Lipinski definition) is 7. The van der Waals surface area contributed by atoms with Gasteiger partial charge in [0.05, 0.1) is 21.8 Å². The first kappa shape index (κ1) is 23.9. The van der Waals surface area contributed by atoms with Crippen LogP contribution in [0.2, 0.25) is 0 Å². The molecule has 3 aromatic carbocycles. The molecule has 4 aromatic rings. The van der Waals surface area contributed by atoms with Gasteiger partial charge >= 0.3 is 5.91 Å². The molecular formula is C28H21IN2O5S. The molecule has 0 saturated carbocycles. The van der Waals surface area contributed by atoms with Crippen molar-refractivity contribution in [1.29, 1.82) is 0 Å². The Bertz CT molecular complexity index is 1630. The summed E-state index contributed by atoms with van der Waals surface area (Å²) in [5.41, 5.74) is 3.96. The second-order valence-electron chi connectivity index (χ2n) is 9.00. The fraction of sp³-hybridized carbons (Fsp3) is 0.179. The SMILES string of the molecule is Cc1cc(C)c2nc(N3C(=O)C(=O)C(=C(O)c4ccc5c(c4)OCCO5)C3c3ccc(I)cc3)sc2c1. The third-order valence-corrected chi connectivity index (χ3v) is 8.19. The Morgan fingerprint density at radius 3 is 2.51 bits per heavy atom. The molecule has 37 heavy (non-hydrogen) atoms. The van der Waals surface area contributed by atoms with E-state index in [0.29, 0.717) is 41.0 Å². The van der Waals surface area contributed by atoms with Crippen molar-refractivity contribution in [3.63, 3.8) is 0 Å². The maximum Gasteiger partial charge on any atom is 0.301 e. The molecule has 0 spiro atoms. The lowest BCUT2D eigenvalue weighted by molar-refractivity contribution is -0.132. The van der Waals surface area contributed by atoms with Crippen molar-refractivity contribution in [2.24, 2.45) is 0 Å². The van der Waals surface area contributed by atoms with Crippen LogP contribution in [0.5, 0.6) is 11.5 Å². The molecule has 1 N–H and O–H groups in total. The Morgan fingerprint density at radius 2 is 1.76 bits per heavy atom. The van der Waals surface area contributed by atoms with E-state index in [1.807, 2.05) is 50.2 Å². The Morgan fingerprint density at radius 1 is 1.03 bits per heavy atom. The zero-order chi connectivity index (χ0) is 25.8. The van der Waals surface area contributed by atoms with Crippen molar-refractivity contribution < 1.29 is 24.2 Å². The molecule has 7 nitrogen and oxygen atoms in total. The van der Waals surface area contributed by atoms with Crippen molar-refractivity contribution in [1.82, 2.24) is 4.98 Å². The van der Waals surface area contributed by atoms with E-state index in [4.69, 9.17) is 14.5 Å². The number of anilines is 1. The van der Waals surface area contributed by atoms with Crippen LogP contribution in [0.25, 0.3) is 16.0 Å². The van der Waals surface area contributed by atoms with Crippen molar-refractivity contribution in [2.75, 3.05) is 18.1 Å². The highest BCUT2D eigenvalue weighted by Gasteiger charge is 2.48. The van der Waals surface area contributed by atoms with Crippen LogP contribution in [0, 0.1) is 17.4 Å². The summed E-state index contributed by atoms with van der Waals surface area (Å²) in [6.07, 6.45) is 0. The van der Waals surface area contributed by atoms with Gasteiger partial charge in [0.2, 0.25) is 0 Å². The van der Waals surface area contributed by atoms with E-state index in [-0.39, 0.29) is 11.3 Å². The van der Waals surface area contributed by atoms with Crippen molar-refractivity contribution >= 4 is 66.7 Å². The highest BCUT2D eigenvalue weighted by molar-refractivity contribution is 14.1. The van der Waals surface area contributed by atoms with Crippen LogP contribution in [0.1, 0.15) is 28.3 Å². The minimum atomic E-state index is -0.841. The molecule has 1 atom stereocenters. The van der Waals surface area contributed by atoms with Gasteiger partial charge in [0, 0.05) is 9.13 Å². The van der Waals surface area contributed by atoms with Gasteiger partial charge < -0.3 is 14.6 Å². The number of amides is 1. The molecule has 1 aromatic heterocycles. The first-order chi connectivity index (χ1) is 17.8. The van der Waals surface area contributed by atoms with Gasteiger partial charge in [0.25, 0.3) is 5.78 Å². The minimum Gasteiger partial charge on any atom is -0.507 e. The number of aliphatic hydroxyl groups is 1. The number of aromatic nitrogens is 1. The fourth-order valence-electron chi connectivity index (χ4n) is 4.80. The van der Waals surface area contributed by atoms with E-state index in [2.05, 4.69) is 22.6 Å². The van der Waals surface area contributed by atoms with Crippen molar-refractivity contribution in [3.05, 3.63) is 86.0 Å². The second-order valence-corrected chi connectivity index (χ2v) is 11.3. The fourth-order valence-corrected chi connectivity index (χ4v) is 6.33. The summed E-state index contributed by atoms with van der Waals surface area (Å²) in [5, 5.41) is 11.9. The van der Waals surface area contributed by atoms with E-state index < -0.39 is 17.7 Å². The molecule has 6 rings (SSSR count). The number of fused-ring (bicyclic) bond motifs is 2. The van der Waals surface area contributed by atoms with E-state index in [1.165, 1.54) is 16.2 Å².